The number of likely N-dealkylation sites (N-methyl/N-ethyl adjacent to an activating group) is 1. The van der Waals surface area contributed by atoms with Gasteiger partial charge in [0, 0.05) is 19.5 Å². The molecule has 0 aliphatic rings. The molecule has 1 heterocycles. The molecular formula is C17H25N3O2. The Morgan fingerprint density at radius 1 is 1.36 bits per heavy atom. The van der Waals surface area contributed by atoms with Crippen LogP contribution in [-0.2, 0) is 24.2 Å². The highest BCUT2D eigenvalue weighted by atomic mass is 16.4. The van der Waals surface area contributed by atoms with Gasteiger partial charge in [-0.15, -0.1) is 0 Å². The second kappa shape index (κ2) is 6.92. The summed E-state index contributed by atoms with van der Waals surface area (Å²) in [4.78, 5) is 17.8. The van der Waals surface area contributed by atoms with Crippen molar-refractivity contribution in [1.82, 2.24) is 14.5 Å². The van der Waals surface area contributed by atoms with E-state index in [0.717, 1.165) is 41.9 Å². The highest BCUT2D eigenvalue weighted by molar-refractivity contribution is 5.79. The molecule has 0 saturated heterocycles. The van der Waals surface area contributed by atoms with E-state index >= 15 is 0 Å². The number of benzene rings is 1. The van der Waals surface area contributed by atoms with Crippen molar-refractivity contribution in [2.24, 2.45) is 5.92 Å². The molecule has 0 bridgehead atoms. The molecule has 2 rings (SSSR count). The first-order chi connectivity index (χ1) is 10.4. The van der Waals surface area contributed by atoms with E-state index in [1.807, 2.05) is 18.2 Å². The summed E-state index contributed by atoms with van der Waals surface area (Å²) >= 11 is 0. The predicted molar refractivity (Wildman–Crippen MR) is 88.2 cm³/mol. The van der Waals surface area contributed by atoms with Crippen LogP contribution in [0.4, 0.5) is 0 Å². The van der Waals surface area contributed by atoms with Gasteiger partial charge in [0.2, 0.25) is 0 Å². The Kier molecular flexibility index (Phi) is 5.19. The standard InChI is InChI=1S/C17H25N3O2/c1-12(2)9-16-18-14-10-13(11-17(21)22)5-6-15(14)20(16)8-7-19(3)4/h5-6,10,12H,7-9,11H2,1-4H3,(H,21,22). The van der Waals surface area contributed by atoms with Crippen LogP contribution in [0.5, 0.6) is 0 Å². The van der Waals surface area contributed by atoms with E-state index in [2.05, 4.69) is 37.4 Å². The molecule has 0 radical (unpaired) electrons. The summed E-state index contributed by atoms with van der Waals surface area (Å²) in [6, 6.07) is 5.79. The minimum atomic E-state index is -0.811. The van der Waals surface area contributed by atoms with Crippen molar-refractivity contribution in [1.29, 1.82) is 0 Å². The molecule has 2 aromatic rings. The number of rotatable bonds is 7. The van der Waals surface area contributed by atoms with E-state index in [1.165, 1.54) is 0 Å². The van der Waals surface area contributed by atoms with Crippen molar-refractivity contribution in [3.05, 3.63) is 29.6 Å². The number of aliphatic carboxylic acids is 1. The Labute approximate surface area is 131 Å². The maximum absolute atomic E-state index is 10.9. The van der Waals surface area contributed by atoms with Gasteiger partial charge in [0.15, 0.2) is 0 Å². The zero-order valence-electron chi connectivity index (χ0n) is 13.8. The molecule has 5 nitrogen and oxygen atoms in total. The summed E-state index contributed by atoms with van der Waals surface area (Å²) in [5.74, 6) is 0.807. The van der Waals surface area contributed by atoms with Crippen LogP contribution in [0.3, 0.4) is 0 Å². The predicted octanol–water partition coefficient (Wildman–Crippen LogP) is 2.42. The minimum absolute atomic E-state index is 0.0417. The minimum Gasteiger partial charge on any atom is -0.481 e. The monoisotopic (exact) mass is 303 g/mol. The van der Waals surface area contributed by atoms with E-state index in [9.17, 15) is 4.79 Å². The van der Waals surface area contributed by atoms with Crippen LogP contribution in [0.25, 0.3) is 11.0 Å². The number of hydrogen-bond acceptors (Lipinski definition) is 3. The van der Waals surface area contributed by atoms with Gasteiger partial charge in [-0.1, -0.05) is 19.9 Å². The van der Waals surface area contributed by atoms with Crippen LogP contribution >= 0.6 is 0 Å². The maximum atomic E-state index is 10.9. The molecule has 0 fully saturated rings. The van der Waals surface area contributed by atoms with Crippen molar-refractivity contribution in [2.45, 2.75) is 33.2 Å². The van der Waals surface area contributed by atoms with Crippen LogP contribution in [0.2, 0.25) is 0 Å². The summed E-state index contributed by atoms with van der Waals surface area (Å²) in [6.07, 6.45) is 0.969. The highest BCUT2D eigenvalue weighted by Crippen LogP contribution is 2.20. The van der Waals surface area contributed by atoms with E-state index in [0.29, 0.717) is 5.92 Å². The largest absolute Gasteiger partial charge is 0.481 e. The average Bonchev–Trinajstić information content (AvgIpc) is 2.71. The zero-order chi connectivity index (χ0) is 16.3. The van der Waals surface area contributed by atoms with Gasteiger partial charge in [0.1, 0.15) is 5.82 Å². The number of carboxylic acids is 1. The number of carbonyl (C=O) groups is 1. The van der Waals surface area contributed by atoms with Gasteiger partial charge in [0.05, 0.1) is 17.5 Å². The Morgan fingerprint density at radius 3 is 2.68 bits per heavy atom. The van der Waals surface area contributed by atoms with Crippen LogP contribution in [-0.4, -0.2) is 46.2 Å². The Hall–Kier alpha value is -1.88. The molecule has 1 aromatic heterocycles. The topological polar surface area (TPSA) is 58.4 Å². The quantitative estimate of drug-likeness (QED) is 0.853. The second-order valence-electron chi connectivity index (χ2n) is 6.47. The lowest BCUT2D eigenvalue weighted by atomic mass is 10.1. The molecule has 0 aliphatic heterocycles. The van der Waals surface area contributed by atoms with Crippen molar-refractivity contribution in [3.63, 3.8) is 0 Å². The first kappa shape index (κ1) is 16.5. The smallest absolute Gasteiger partial charge is 0.307 e. The van der Waals surface area contributed by atoms with Crippen LogP contribution in [0, 0.1) is 5.92 Å². The fourth-order valence-corrected chi connectivity index (χ4v) is 2.58. The lowest BCUT2D eigenvalue weighted by molar-refractivity contribution is -0.136. The number of carboxylic acid groups (broad SMARTS) is 1. The molecule has 0 amide bonds. The fourth-order valence-electron chi connectivity index (χ4n) is 2.58. The molecule has 0 spiro atoms. The van der Waals surface area contributed by atoms with E-state index in [4.69, 9.17) is 10.1 Å². The molecular weight excluding hydrogens is 278 g/mol. The van der Waals surface area contributed by atoms with E-state index in [-0.39, 0.29) is 6.42 Å². The lowest BCUT2D eigenvalue weighted by Gasteiger charge is -2.14. The number of fused-ring (bicyclic) bond motifs is 1. The van der Waals surface area contributed by atoms with Gasteiger partial charge in [-0.3, -0.25) is 4.79 Å². The average molecular weight is 303 g/mol. The van der Waals surface area contributed by atoms with Crippen molar-refractivity contribution >= 4 is 17.0 Å². The van der Waals surface area contributed by atoms with Crippen molar-refractivity contribution in [3.8, 4) is 0 Å². The van der Waals surface area contributed by atoms with Gasteiger partial charge in [0.25, 0.3) is 0 Å². The van der Waals surface area contributed by atoms with Crippen LogP contribution < -0.4 is 0 Å². The molecule has 22 heavy (non-hydrogen) atoms. The SMILES string of the molecule is CC(C)Cc1nc2cc(CC(=O)O)ccc2n1CCN(C)C. The number of aromatic nitrogens is 2. The van der Waals surface area contributed by atoms with Crippen molar-refractivity contribution in [2.75, 3.05) is 20.6 Å². The maximum Gasteiger partial charge on any atom is 0.307 e. The number of imidazole rings is 1. The van der Waals surface area contributed by atoms with Gasteiger partial charge in [-0.25, -0.2) is 4.98 Å². The molecule has 0 atom stereocenters. The van der Waals surface area contributed by atoms with E-state index in [1.54, 1.807) is 0 Å². The zero-order valence-corrected chi connectivity index (χ0v) is 13.8. The Balaban J connectivity index is 2.40. The highest BCUT2D eigenvalue weighted by Gasteiger charge is 2.13. The fraction of sp³-hybridized carbons (Fsp3) is 0.529. The molecule has 1 aromatic carbocycles. The summed E-state index contributed by atoms with van der Waals surface area (Å²) < 4.78 is 2.26. The molecule has 5 heteroatoms. The van der Waals surface area contributed by atoms with Gasteiger partial charge < -0.3 is 14.6 Å². The van der Waals surface area contributed by atoms with E-state index < -0.39 is 5.97 Å². The first-order valence-electron chi connectivity index (χ1n) is 7.71. The Morgan fingerprint density at radius 2 is 2.09 bits per heavy atom. The number of hydrogen-bond donors (Lipinski definition) is 1. The second-order valence-corrected chi connectivity index (χ2v) is 6.47. The first-order valence-corrected chi connectivity index (χ1v) is 7.71. The van der Waals surface area contributed by atoms with Crippen LogP contribution in [0.15, 0.2) is 18.2 Å². The van der Waals surface area contributed by atoms with Crippen molar-refractivity contribution < 1.29 is 9.90 Å². The number of nitrogens with zero attached hydrogens (tertiary/aromatic N) is 3. The summed E-state index contributed by atoms with van der Waals surface area (Å²) in [7, 11) is 4.12. The normalized spacial score (nSPS) is 11.7. The summed E-state index contributed by atoms with van der Waals surface area (Å²) in [5.41, 5.74) is 2.79. The molecule has 0 unspecified atom stereocenters. The van der Waals surface area contributed by atoms with Gasteiger partial charge >= 0.3 is 5.97 Å². The summed E-state index contributed by atoms with van der Waals surface area (Å²) in [5, 5.41) is 8.93. The lowest BCUT2D eigenvalue weighted by Crippen LogP contribution is -2.20. The summed E-state index contributed by atoms with van der Waals surface area (Å²) in [6.45, 7) is 6.22. The third kappa shape index (κ3) is 4.07. The molecule has 1 N–H and O–H groups in total. The molecule has 0 saturated carbocycles. The Bertz CT molecular complexity index is 659. The third-order valence-electron chi connectivity index (χ3n) is 3.61. The van der Waals surface area contributed by atoms with Crippen LogP contribution in [0.1, 0.15) is 25.2 Å². The molecule has 120 valence electrons. The van der Waals surface area contributed by atoms with Gasteiger partial charge in [-0.2, -0.15) is 0 Å². The van der Waals surface area contributed by atoms with Gasteiger partial charge in [-0.05, 0) is 37.7 Å². The third-order valence-corrected chi connectivity index (χ3v) is 3.61. The molecule has 0 aliphatic carbocycles.